The highest BCUT2D eigenvalue weighted by Crippen LogP contribution is 2.32. The maximum Gasteiger partial charge on any atom is 0.232 e. The monoisotopic (exact) mass is 319 g/mol. The Bertz CT molecular complexity index is 711. The number of amides is 1. The summed E-state index contributed by atoms with van der Waals surface area (Å²) in [7, 11) is 0. The quantitative estimate of drug-likeness (QED) is 0.866. The van der Waals surface area contributed by atoms with Gasteiger partial charge in [-0.25, -0.2) is 0 Å². The summed E-state index contributed by atoms with van der Waals surface area (Å²) in [6.07, 6.45) is 0.390. The molecule has 1 aliphatic rings. The summed E-state index contributed by atoms with van der Waals surface area (Å²) < 4.78 is 5.32. The number of carbonyl (C=O) groups is 1. The number of nitrogens with zero attached hydrogens (tertiary/aromatic N) is 3. The van der Waals surface area contributed by atoms with Crippen LogP contribution in [0.3, 0.4) is 0 Å². The van der Waals surface area contributed by atoms with Gasteiger partial charge < -0.3 is 9.42 Å². The van der Waals surface area contributed by atoms with Gasteiger partial charge >= 0.3 is 0 Å². The molecule has 1 aliphatic heterocycles. The van der Waals surface area contributed by atoms with Crippen LogP contribution in [0.4, 0.5) is 5.69 Å². The predicted molar refractivity (Wildman–Crippen MR) is 84.3 cm³/mol. The van der Waals surface area contributed by atoms with Crippen LogP contribution in [0.2, 0.25) is 5.02 Å². The van der Waals surface area contributed by atoms with Gasteiger partial charge in [0.1, 0.15) is 0 Å². The number of hydrogen-bond acceptors (Lipinski definition) is 4. The number of aryl methyl sites for hydroxylation is 1. The van der Waals surface area contributed by atoms with E-state index in [1.165, 1.54) is 0 Å². The van der Waals surface area contributed by atoms with Crippen LogP contribution < -0.4 is 4.90 Å². The van der Waals surface area contributed by atoms with E-state index in [0.29, 0.717) is 29.7 Å². The van der Waals surface area contributed by atoms with E-state index >= 15 is 0 Å². The average molecular weight is 320 g/mol. The van der Waals surface area contributed by atoms with E-state index in [-0.39, 0.29) is 17.7 Å². The maximum atomic E-state index is 12.3. The van der Waals surface area contributed by atoms with Crippen molar-refractivity contribution >= 4 is 23.2 Å². The number of hydrogen-bond donors (Lipinski definition) is 0. The molecule has 0 spiro atoms. The molecule has 1 aromatic carbocycles. The van der Waals surface area contributed by atoms with Crippen LogP contribution >= 0.6 is 11.6 Å². The summed E-state index contributed by atoms with van der Waals surface area (Å²) in [4.78, 5) is 18.5. The van der Waals surface area contributed by atoms with E-state index in [0.717, 1.165) is 11.3 Å². The second-order valence-electron chi connectivity index (χ2n) is 5.98. The molecular formula is C16H18ClN3O2. The molecule has 1 amide bonds. The Labute approximate surface area is 134 Å². The Balaban J connectivity index is 1.81. The lowest BCUT2D eigenvalue weighted by atomic mass is 10.1. The molecule has 116 valence electrons. The Morgan fingerprint density at radius 2 is 2.18 bits per heavy atom. The first-order chi connectivity index (χ1) is 10.5. The first-order valence-electron chi connectivity index (χ1n) is 7.35. The standard InChI is InChI=1S/C16H18ClN3O2/c1-9(2)15-18-16(22-19-15)11-7-14(21)20(8-11)12-4-5-13(17)10(3)6-12/h4-6,9,11H,7-8H2,1-3H3. The van der Waals surface area contributed by atoms with Crippen molar-refractivity contribution < 1.29 is 9.32 Å². The van der Waals surface area contributed by atoms with Crippen LogP contribution in [0.1, 0.15) is 49.4 Å². The molecule has 1 aromatic heterocycles. The summed E-state index contributed by atoms with van der Waals surface area (Å²) in [6.45, 7) is 6.50. The third-order valence-corrected chi connectivity index (χ3v) is 4.33. The molecule has 22 heavy (non-hydrogen) atoms. The summed E-state index contributed by atoms with van der Waals surface area (Å²) >= 11 is 6.04. The van der Waals surface area contributed by atoms with Gasteiger partial charge in [-0.05, 0) is 30.7 Å². The minimum absolute atomic E-state index is 0.0523. The van der Waals surface area contributed by atoms with Crippen molar-refractivity contribution in [2.45, 2.75) is 39.0 Å². The van der Waals surface area contributed by atoms with E-state index in [1.807, 2.05) is 39.0 Å². The maximum absolute atomic E-state index is 12.3. The fourth-order valence-electron chi connectivity index (χ4n) is 2.57. The predicted octanol–water partition coefficient (Wildman–Crippen LogP) is 3.68. The Morgan fingerprint density at radius 3 is 2.82 bits per heavy atom. The van der Waals surface area contributed by atoms with Gasteiger partial charge in [-0.2, -0.15) is 4.98 Å². The van der Waals surface area contributed by atoms with Crippen molar-refractivity contribution in [3.8, 4) is 0 Å². The highest BCUT2D eigenvalue weighted by Gasteiger charge is 2.35. The Kier molecular flexibility index (Phi) is 3.91. The Hall–Kier alpha value is -1.88. The van der Waals surface area contributed by atoms with Crippen LogP contribution in [-0.4, -0.2) is 22.6 Å². The summed E-state index contributed by atoms with van der Waals surface area (Å²) in [5.41, 5.74) is 1.81. The number of anilines is 1. The lowest BCUT2D eigenvalue weighted by Crippen LogP contribution is -2.24. The van der Waals surface area contributed by atoms with E-state index in [1.54, 1.807) is 4.90 Å². The fourth-order valence-corrected chi connectivity index (χ4v) is 2.68. The largest absolute Gasteiger partial charge is 0.339 e. The molecule has 1 fully saturated rings. The van der Waals surface area contributed by atoms with Gasteiger partial charge in [-0.3, -0.25) is 4.79 Å². The molecular weight excluding hydrogens is 302 g/mol. The minimum Gasteiger partial charge on any atom is -0.339 e. The summed E-state index contributed by atoms with van der Waals surface area (Å²) in [5.74, 6) is 1.46. The molecule has 0 saturated carbocycles. The molecule has 3 rings (SSSR count). The van der Waals surface area contributed by atoms with Gasteiger partial charge in [0.15, 0.2) is 5.82 Å². The summed E-state index contributed by atoms with van der Waals surface area (Å²) in [6, 6.07) is 5.61. The first kappa shape index (κ1) is 15.0. The third-order valence-electron chi connectivity index (χ3n) is 3.90. The van der Waals surface area contributed by atoms with Gasteiger partial charge in [0.05, 0.1) is 5.92 Å². The van der Waals surface area contributed by atoms with E-state index in [4.69, 9.17) is 16.1 Å². The molecule has 1 unspecified atom stereocenters. The van der Waals surface area contributed by atoms with Crippen molar-refractivity contribution in [2.24, 2.45) is 0 Å². The second kappa shape index (κ2) is 5.72. The number of benzene rings is 1. The van der Waals surface area contributed by atoms with Crippen molar-refractivity contribution in [1.29, 1.82) is 0 Å². The number of aromatic nitrogens is 2. The molecule has 1 saturated heterocycles. The van der Waals surface area contributed by atoms with E-state index in [9.17, 15) is 4.79 Å². The normalized spacial score (nSPS) is 18.5. The van der Waals surface area contributed by atoms with Gasteiger partial charge in [0.2, 0.25) is 11.8 Å². The van der Waals surface area contributed by atoms with Gasteiger partial charge in [0, 0.05) is 29.6 Å². The van der Waals surface area contributed by atoms with Gasteiger partial charge in [-0.15, -0.1) is 0 Å². The lowest BCUT2D eigenvalue weighted by Gasteiger charge is -2.17. The second-order valence-corrected chi connectivity index (χ2v) is 6.39. The highest BCUT2D eigenvalue weighted by molar-refractivity contribution is 6.31. The van der Waals surface area contributed by atoms with Crippen LogP contribution in [0.5, 0.6) is 0 Å². The minimum atomic E-state index is -0.0523. The topological polar surface area (TPSA) is 59.2 Å². The van der Waals surface area contributed by atoms with Gasteiger partial charge in [0.25, 0.3) is 0 Å². The first-order valence-corrected chi connectivity index (χ1v) is 7.73. The molecule has 2 aromatic rings. The fraction of sp³-hybridized carbons (Fsp3) is 0.438. The lowest BCUT2D eigenvalue weighted by molar-refractivity contribution is -0.117. The number of carbonyl (C=O) groups excluding carboxylic acids is 1. The van der Waals surface area contributed by atoms with Gasteiger partial charge in [-0.1, -0.05) is 30.6 Å². The zero-order chi connectivity index (χ0) is 15.9. The van der Waals surface area contributed by atoms with Crippen molar-refractivity contribution in [3.05, 3.63) is 40.5 Å². The van der Waals surface area contributed by atoms with Crippen molar-refractivity contribution in [2.75, 3.05) is 11.4 Å². The van der Waals surface area contributed by atoms with E-state index in [2.05, 4.69) is 10.1 Å². The van der Waals surface area contributed by atoms with Crippen LogP contribution in [0, 0.1) is 6.92 Å². The zero-order valence-corrected chi connectivity index (χ0v) is 13.6. The highest BCUT2D eigenvalue weighted by atomic mass is 35.5. The van der Waals surface area contributed by atoms with Crippen LogP contribution in [-0.2, 0) is 4.79 Å². The SMILES string of the molecule is Cc1cc(N2CC(c3nc(C(C)C)no3)CC2=O)ccc1Cl. The zero-order valence-electron chi connectivity index (χ0n) is 12.8. The van der Waals surface area contributed by atoms with Crippen LogP contribution in [0.25, 0.3) is 0 Å². The average Bonchev–Trinajstić information content (AvgIpc) is 3.08. The molecule has 2 heterocycles. The number of halogens is 1. The molecule has 0 N–H and O–H groups in total. The molecule has 1 atom stereocenters. The third kappa shape index (κ3) is 2.73. The van der Waals surface area contributed by atoms with Crippen molar-refractivity contribution in [1.82, 2.24) is 10.1 Å². The Morgan fingerprint density at radius 1 is 1.41 bits per heavy atom. The van der Waals surface area contributed by atoms with Crippen LogP contribution in [0.15, 0.2) is 22.7 Å². The smallest absolute Gasteiger partial charge is 0.232 e. The molecule has 5 nitrogen and oxygen atoms in total. The molecule has 6 heteroatoms. The molecule has 0 aliphatic carbocycles. The molecule has 0 bridgehead atoms. The van der Waals surface area contributed by atoms with E-state index < -0.39 is 0 Å². The molecule has 0 radical (unpaired) electrons. The number of rotatable bonds is 3. The summed E-state index contributed by atoms with van der Waals surface area (Å²) in [5, 5.41) is 4.67. The van der Waals surface area contributed by atoms with Crippen molar-refractivity contribution in [3.63, 3.8) is 0 Å².